The fraction of sp³-hybridized carbons (Fsp3) is 0.538. The minimum absolute atomic E-state index is 0.0777. The van der Waals surface area contributed by atoms with Crippen LogP contribution in [0.15, 0.2) is 18.2 Å². The molecule has 0 heterocycles. The molecule has 1 aromatic rings. The van der Waals surface area contributed by atoms with E-state index in [2.05, 4.69) is 5.32 Å². The van der Waals surface area contributed by atoms with Crippen molar-refractivity contribution in [3.05, 3.63) is 29.6 Å². The number of nitrogens with two attached hydrogens (primary N) is 1. The molecule has 1 atom stereocenters. The largest absolute Gasteiger partial charge is 0.416 e. The summed E-state index contributed by atoms with van der Waals surface area (Å²) in [6.45, 7) is 4.65. The van der Waals surface area contributed by atoms with Gasteiger partial charge in [-0.1, -0.05) is 13.8 Å². The predicted molar refractivity (Wildman–Crippen MR) is 67.3 cm³/mol. The first-order chi connectivity index (χ1) is 8.75. The van der Waals surface area contributed by atoms with E-state index in [1.165, 1.54) is 0 Å². The van der Waals surface area contributed by atoms with Gasteiger partial charge in [-0.25, -0.2) is 4.39 Å². The standard InChI is InChI=1S/C13H18F4N2/c1-8(2)9(6-18)7-19-12-5-10(13(15,16)17)3-4-11(12)14/h3-5,8-9,19H,6-7,18H2,1-2H3. The summed E-state index contributed by atoms with van der Waals surface area (Å²) >= 11 is 0. The van der Waals surface area contributed by atoms with Gasteiger partial charge >= 0.3 is 6.18 Å². The van der Waals surface area contributed by atoms with Crippen LogP contribution in [0.4, 0.5) is 23.2 Å². The van der Waals surface area contributed by atoms with Gasteiger partial charge in [0.25, 0.3) is 0 Å². The number of halogens is 4. The summed E-state index contributed by atoms with van der Waals surface area (Å²) in [5, 5.41) is 2.70. The second-order valence-corrected chi connectivity index (χ2v) is 4.81. The van der Waals surface area contributed by atoms with Gasteiger partial charge in [0, 0.05) is 6.54 Å². The fourth-order valence-corrected chi connectivity index (χ4v) is 1.67. The van der Waals surface area contributed by atoms with Crippen molar-refractivity contribution in [2.24, 2.45) is 17.6 Å². The minimum Gasteiger partial charge on any atom is -0.382 e. The molecule has 0 aromatic heterocycles. The lowest BCUT2D eigenvalue weighted by molar-refractivity contribution is -0.137. The first kappa shape index (κ1) is 15.8. The molecule has 0 aliphatic carbocycles. The Kier molecular flexibility index (Phi) is 5.17. The van der Waals surface area contributed by atoms with E-state index >= 15 is 0 Å². The number of rotatable bonds is 5. The van der Waals surface area contributed by atoms with Crippen LogP contribution < -0.4 is 11.1 Å². The van der Waals surface area contributed by atoms with Crippen molar-refractivity contribution in [1.82, 2.24) is 0 Å². The molecule has 6 heteroatoms. The summed E-state index contributed by atoms with van der Waals surface area (Å²) in [5.41, 5.74) is 4.55. The van der Waals surface area contributed by atoms with Gasteiger partial charge in [0.1, 0.15) is 5.82 Å². The molecule has 0 radical (unpaired) electrons. The van der Waals surface area contributed by atoms with Gasteiger partial charge < -0.3 is 11.1 Å². The van der Waals surface area contributed by atoms with Gasteiger partial charge in [0.15, 0.2) is 0 Å². The highest BCUT2D eigenvalue weighted by Crippen LogP contribution is 2.31. The van der Waals surface area contributed by atoms with E-state index in [0.717, 1.165) is 18.2 Å². The van der Waals surface area contributed by atoms with E-state index in [1.54, 1.807) is 0 Å². The third kappa shape index (κ3) is 4.38. The van der Waals surface area contributed by atoms with E-state index in [1.807, 2.05) is 13.8 Å². The van der Waals surface area contributed by atoms with E-state index in [9.17, 15) is 17.6 Å². The molecule has 1 unspecified atom stereocenters. The van der Waals surface area contributed by atoms with Gasteiger partial charge in [0.2, 0.25) is 0 Å². The summed E-state index contributed by atoms with van der Waals surface area (Å²) < 4.78 is 51.0. The third-order valence-electron chi connectivity index (χ3n) is 3.09. The molecule has 0 aliphatic heterocycles. The first-order valence-electron chi connectivity index (χ1n) is 6.06. The zero-order valence-electron chi connectivity index (χ0n) is 10.9. The lowest BCUT2D eigenvalue weighted by Crippen LogP contribution is -2.27. The zero-order valence-corrected chi connectivity index (χ0v) is 10.9. The Labute approximate surface area is 110 Å². The third-order valence-corrected chi connectivity index (χ3v) is 3.09. The Balaban J connectivity index is 2.83. The van der Waals surface area contributed by atoms with Crippen LogP contribution in [-0.2, 0) is 6.18 Å². The topological polar surface area (TPSA) is 38.0 Å². The summed E-state index contributed by atoms with van der Waals surface area (Å²) in [7, 11) is 0. The number of hydrogen-bond donors (Lipinski definition) is 2. The van der Waals surface area contributed by atoms with Crippen LogP contribution in [0.5, 0.6) is 0 Å². The quantitative estimate of drug-likeness (QED) is 0.809. The second-order valence-electron chi connectivity index (χ2n) is 4.81. The van der Waals surface area contributed by atoms with Gasteiger partial charge in [-0.15, -0.1) is 0 Å². The van der Waals surface area contributed by atoms with E-state index in [0.29, 0.717) is 13.1 Å². The molecule has 2 nitrogen and oxygen atoms in total. The van der Waals surface area contributed by atoms with Crippen LogP contribution in [0.1, 0.15) is 19.4 Å². The molecule has 0 bridgehead atoms. The highest BCUT2D eigenvalue weighted by molar-refractivity contribution is 5.48. The molecule has 19 heavy (non-hydrogen) atoms. The monoisotopic (exact) mass is 278 g/mol. The molecule has 0 saturated carbocycles. The maximum absolute atomic E-state index is 13.5. The van der Waals surface area contributed by atoms with Crippen LogP contribution in [0.2, 0.25) is 0 Å². The van der Waals surface area contributed by atoms with E-state index in [4.69, 9.17) is 5.73 Å². The zero-order chi connectivity index (χ0) is 14.6. The smallest absolute Gasteiger partial charge is 0.382 e. The van der Waals surface area contributed by atoms with Crippen molar-refractivity contribution < 1.29 is 17.6 Å². The Morgan fingerprint density at radius 1 is 1.26 bits per heavy atom. The first-order valence-corrected chi connectivity index (χ1v) is 6.06. The molecule has 3 N–H and O–H groups in total. The molecule has 1 aromatic carbocycles. The lowest BCUT2D eigenvalue weighted by Gasteiger charge is -2.20. The Morgan fingerprint density at radius 3 is 2.37 bits per heavy atom. The summed E-state index contributed by atoms with van der Waals surface area (Å²) in [6.07, 6.45) is -4.48. The summed E-state index contributed by atoms with van der Waals surface area (Å²) in [6, 6.07) is 2.32. The fourth-order valence-electron chi connectivity index (χ4n) is 1.67. The Morgan fingerprint density at radius 2 is 1.89 bits per heavy atom. The molecule has 0 aliphatic rings. The van der Waals surface area contributed by atoms with Crippen molar-refractivity contribution >= 4 is 5.69 Å². The van der Waals surface area contributed by atoms with E-state index in [-0.39, 0.29) is 17.5 Å². The normalized spacial score (nSPS) is 13.7. The second kappa shape index (κ2) is 6.23. The van der Waals surface area contributed by atoms with Crippen LogP contribution in [0, 0.1) is 17.7 Å². The van der Waals surface area contributed by atoms with Crippen LogP contribution in [-0.4, -0.2) is 13.1 Å². The maximum atomic E-state index is 13.5. The summed E-state index contributed by atoms with van der Waals surface area (Å²) in [4.78, 5) is 0. The number of hydrogen-bond acceptors (Lipinski definition) is 2. The number of benzene rings is 1. The molecule has 108 valence electrons. The molecular formula is C13H18F4N2. The highest BCUT2D eigenvalue weighted by atomic mass is 19.4. The van der Waals surface area contributed by atoms with Crippen molar-refractivity contribution in [3.8, 4) is 0 Å². The van der Waals surface area contributed by atoms with Crippen LogP contribution in [0.3, 0.4) is 0 Å². The molecule has 0 saturated heterocycles. The SMILES string of the molecule is CC(C)C(CN)CNc1cc(C(F)(F)F)ccc1F. The van der Waals surface area contributed by atoms with E-state index < -0.39 is 17.6 Å². The average Bonchev–Trinajstić information content (AvgIpc) is 2.30. The van der Waals surface area contributed by atoms with Crippen molar-refractivity contribution in [1.29, 1.82) is 0 Å². The van der Waals surface area contributed by atoms with Gasteiger partial charge in [-0.2, -0.15) is 13.2 Å². The van der Waals surface area contributed by atoms with Crippen molar-refractivity contribution in [3.63, 3.8) is 0 Å². The molecule has 0 spiro atoms. The van der Waals surface area contributed by atoms with Gasteiger partial charge in [-0.05, 0) is 36.6 Å². The molecule has 1 rings (SSSR count). The molecular weight excluding hydrogens is 260 g/mol. The Bertz CT molecular complexity index is 416. The minimum atomic E-state index is -4.48. The number of nitrogens with one attached hydrogen (secondary N) is 1. The average molecular weight is 278 g/mol. The Hall–Kier alpha value is -1.30. The lowest BCUT2D eigenvalue weighted by atomic mass is 9.96. The maximum Gasteiger partial charge on any atom is 0.416 e. The van der Waals surface area contributed by atoms with Crippen LogP contribution in [0.25, 0.3) is 0 Å². The van der Waals surface area contributed by atoms with Gasteiger partial charge in [-0.3, -0.25) is 0 Å². The van der Waals surface area contributed by atoms with Gasteiger partial charge in [0.05, 0.1) is 11.3 Å². The van der Waals surface area contributed by atoms with Crippen molar-refractivity contribution in [2.45, 2.75) is 20.0 Å². The van der Waals surface area contributed by atoms with Crippen molar-refractivity contribution in [2.75, 3.05) is 18.4 Å². The highest BCUT2D eigenvalue weighted by Gasteiger charge is 2.31. The number of alkyl halides is 3. The summed E-state index contributed by atoms with van der Waals surface area (Å²) in [5.74, 6) is -0.354. The number of anilines is 1. The van der Waals surface area contributed by atoms with Crippen LogP contribution >= 0.6 is 0 Å². The predicted octanol–water partition coefficient (Wildman–Crippen LogP) is 3.49. The molecule has 0 amide bonds. The molecule has 0 fully saturated rings.